The van der Waals surface area contributed by atoms with E-state index >= 15 is 0 Å². The summed E-state index contributed by atoms with van der Waals surface area (Å²) in [6, 6.07) is 0. The highest BCUT2D eigenvalue weighted by Crippen LogP contribution is 2.13. The standard InChI is InChI=1S/C13H25NO2/c1-2-3-4-5-6-11-16-13(15)12-7-9-14-10-8-12/h12,14H,2-11H2,1H3. The SMILES string of the molecule is CCCCCCCOC(=O)C1CCNCC1. The van der Waals surface area contributed by atoms with Gasteiger partial charge in [-0.05, 0) is 32.4 Å². The third-order valence-electron chi connectivity index (χ3n) is 3.16. The molecule has 0 aromatic heterocycles. The molecule has 0 atom stereocenters. The minimum Gasteiger partial charge on any atom is -0.465 e. The van der Waals surface area contributed by atoms with Crippen LogP contribution in [0.1, 0.15) is 51.9 Å². The molecule has 1 heterocycles. The topological polar surface area (TPSA) is 38.3 Å². The van der Waals surface area contributed by atoms with Gasteiger partial charge in [0.2, 0.25) is 0 Å². The summed E-state index contributed by atoms with van der Waals surface area (Å²) >= 11 is 0. The maximum atomic E-state index is 11.6. The van der Waals surface area contributed by atoms with E-state index in [0.29, 0.717) is 6.61 Å². The fourth-order valence-corrected chi connectivity index (χ4v) is 2.05. The van der Waals surface area contributed by atoms with Crippen molar-refractivity contribution in [2.24, 2.45) is 5.92 Å². The number of ether oxygens (including phenoxy) is 1. The molecule has 0 radical (unpaired) electrons. The van der Waals surface area contributed by atoms with Crippen LogP contribution in [0, 0.1) is 5.92 Å². The van der Waals surface area contributed by atoms with Crippen LogP contribution in [-0.4, -0.2) is 25.7 Å². The highest BCUT2D eigenvalue weighted by molar-refractivity contribution is 5.72. The van der Waals surface area contributed by atoms with E-state index in [4.69, 9.17) is 4.74 Å². The Bertz CT molecular complexity index is 188. The lowest BCUT2D eigenvalue weighted by Gasteiger charge is -2.20. The summed E-state index contributed by atoms with van der Waals surface area (Å²) in [4.78, 5) is 11.6. The predicted octanol–water partition coefficient (Wildman–Crippen LogP) is 2.50. The molecule has 0 bridgehead atoms. The first-order valence-corrected chi connectivity index (χ1v) is 6.72. The van der Waals surface area contributed by atoms with Gasteiger partial charge in [0.15, 0.2) is 0 Å². The van der Waals surface area contributed by atoms with Gasteiger partial charge in [0, 0.05) is 0 Å². The maximum absolute atomic E-state index is 11.6. The number of carbonyl (C=O) groups is 1. The summed E-state index contributed by atoms with van der Waals surface area (Å²) in [6.45, 7) is 4.73. The van der Waals surface area contributed by atoms with Gasteiger partial charge in [-0.25, -0.2) is 0 Å². The van der Waals surface area contributed by atoms with Crippen LogP contribution < -0.4 is 5.32 Å². The van der Waals surface area contributed by atoms with Crippen molar-refractivity contribution in [3.05, 3.63) is 0 Å². The monoisotopic (exact) mass is 227 g/mol. The Balaban J connectivity index is 1.97. The van der Waals surface area contributed by atoms with Gasteiger partial charge in [0.05, 0.1) is 12.5 Å². The van der Waals surface area contributed by atoms with Crippen LogP contribution in [0.4, 0.5) is 0 Å². The molecule has 1 aliphatic rings. The van der Waals surface area contributed by atoms with Gasteiger partial charge in [-0.3, -0.25) is 4.79 Å². The van der Waals surface area contributed by atoms with E-state index in [1.54, 1.807) is 0 Å². The Morgan fingerprint density at radius 1 is 1.19 bits per heavy atom. The lowest BCUT2D eigenvalue weighted by atomic mass is 9.99. The second kappa shape index (κ2) is 8.57. The number of piperidine rings is 1. The Labute approximate surface area is 98.9 Å². The fraction of sp³-hybridized carbons (Fsp3) is 0.923. The van der Waals surface area contributed by atoms with E-state index in [-0.39, 0.29) is 11.9 Å². The molecule has 0 aromatic rings. The average molecular weight is 227 g/mol. The molecule has 3 heteroatoms. The molecule has 0 amide bonds. The summed E-state index contributed by atoms with van der Waals surface area (Å²) in [5.41, 5.74) is 0. The predicted molar refractivity (Wildman–Crippen MR) is 65.3 cm³/mol. The molecule has 1 aliphatic heterocycles. The Hall–Kier alpha value is -0.570. The Morgan fingerprint density at radius 3 is 2.56 bits per heavy atom. The van der Waals surface area contributed by atoms with E-state index in [2.05, 4.69) is 12.2 Å². The lowest BCUT2D eigenvalue weighted by molar-refractivity contribution is -0.149. The summed E-state index contributed by atoms with van der Waals surface area (Å²) in [5.74, 6) is 0.175. The van der Waals surface area contributed by atoms with Crippen molar-refractivity contribution in [3.8, 4) is 0 Å². The lowest BCUT2D eigenvalue weighted by Crippen LogP contribution is -2.32. The van der Waals surface area contributed by atoms with Crippen molar-refractivity contribution >= 4 is 5.97 Å². The van der Waals surface area contributed by atoms with Gasteiger partial charge in [0.25, 0.3) is 0 Å². The van der Waals surface area contributed by atoms with Gasteiger partial charge in [0.1, 0.15) is 0 Å². The quantitative estimate of drug-likeness (QED) is 0.536. The van der Waals surface area contributed by atoms with Crippen molar-refractivity contribution in [1.29, 1.82) is 0 Å². The van der Waals surface area contributed by atoms with Crippen molar-refractivity contribution in [2.45, 2.75) is 51.9 Å². The van der Waals surface area contributed by atoms with E-state index in [9.17, 15) is 4.79 Å². The van der Waals surface area contributed by atoms with E-state index in [0.717, 1.165) is 32.4 Å². The Kier molecular flexibility index (Phi) is 7.23. The first kappa shape index (κ1) is 13.5. The molecule has 0 unspecified atom stereocenters. The van der Waals surface area contributed by atoms with Crippen molar-refractivity contribution in [1.82, 2.24) is 5.32 Å². The second-order valence-corrected chi connectivity index (χ2v) is 4.61. The second-order valence-electron chi connectivity index (χ2n) is 4.61. The molecule has 1 fully saturated rings. The summed E-state index contributed by atoms with van der Waals surface area (Å²) in [6.07, 6.45) is 7.91. The highest BCUT2D eigenvalue weighted by atomic mass is 16.5. The average Bonchev–Trinajstić information content (AvgIpc) is 2.34. The molecule has 0 spiro atoms. The molecule has 1 N–H and O–H groups in total. The number of unbranched alkanes of at least 4 members (excludes halogenated alkanes) is 4. The third kappa shape index (κ3) is 5.50. The molecule has 16 heavy (non-hydrogen) atoms. The van der Waals surface area contributed by atoms with E-state index in [1.165, 1.54) is 25.7 Å². The molecule has 0 aromatic carbocycles. The largest absolute Gasteiger partial charge is 0.465 e. The zero-order valence-electron chi connectivity index (χ0n) is 10.5. The highest BCUT2D eigenvalue weighted by Gasteiger charge is 2.21. The number of hydrogen-bond donors (Lipinski definition) is 1. The van der Waals surface area contributed by atoms with Crippen LogP contribution in [-0.2, 0) is 9.53 Å². The van der Waals surface area contributed by atoms with Crippen LogP contribution in [0.5, 0.6) is 0 Å². The number of carbonyl (C=O) groups excluding carboxylic acids is 1. The first-order valence-electron chi connectivity index (χ1n) is 6.72. The van der Waals surface area contributed by atoms with Crippen molar-refractivity contribution < 1.29 is 9.53 Å². The summed E-state index contributed by atoms with van der Waals surface area (Å²) in [7, 11) is 0. The fourth-order valence-electron chi connectivity index (χ4n) is 2.05. The minimum atomic E-state index is 0.0250. The Morgan fingerprint density at radius 2 is 1.88 bits per heavy atom. The van der Waals surface area contributed by atoms with Gasteiger partial charge in [-0.15, -0.1) is 0 Å². The van der Waals surface area contributed by atoms with Gasteiger partial charge < -0.3 is 10.1 Å². The molecule has 3 nitrogen and oxygen atoms in total. The normalized spacial score (nSPS) is 17.3. The number of hydrogen-bond acceptors (Lipinski definition) is 3. The molecular weight excluding hydrogens is 202 g/mol. The van der Waals surface area contributed by atoms with Crippen molar-refractivity contribution in [2.75, 3.05) is 19.7 Å². The summed E-state index contributed by atoms with van der Waals surface area (Å²) in [5, 5.41) is 3.25. The van der Waals surface area contributed by atoms with Gasteiger partial charge in [-0.1, -0.05) is 32.6 Å². The molecule has 0 saturated carbocycles. The molecule has 94 valence electrons. The van der Waals surface area contributed by atoms with E-state index in [1.807, 2.05) is 0 Å². The van der Waals surface area contributed by atoms with Crippen LogP contribution in [0.2, 0.25) is 0 Å². The van der Waals surface area contributed by atoms with Crippen LogP contribution in [0.3, 0.4) is 0 Å². The smallest absolute Gasteiger partial charge is 0.309 e. The van der Waals surface area contributed by atoms with E-state index < -0.39 is 0 Å². The van der Waals surface area contributed by atoms with Crippen LogP contribution >= 0.6 is 0 Å². The van der Waals surface area contributed by atoms with Gasteiger partial charge in [-0.2, -0.15) is 0 Å². The van der Waals surface area contributed by atoms with Crippen LogP contribution in [0.25, 0.3) is 0 Å². The number of nitrogens with one attached hydrogen (secondary N) is 1. The molecule has 0 aliphatic carbocycles. The molecule has 1 saturated heterocycles. The zero-order chi connectivity index (χ0) is 11.6. The third-order valence-corrected chi connectivity index (χ3v) is 3.16. The summed E-state index contributed by atoms with van der Waals surface area (Å²) < 4.78 is 5.29. The zero-order valence-corrected chi connectivity index (χ0v) is 10.5. The van der Waals surface area contributed by atoms with Crippen molar-refractivity contribution in [3.63, 3.8) is 0 Å². The number of rotatable bonds is 7. The van der Waals surface area contributed by atoms with Gasteiger partial charge >= 0.3 is 5.97 Å². The molecular formula is C13H25NO2. The minimum absolute atomic E-state index is 0.0250. The van der Waals surface area contributed by atoms with Crippen LogP contribution in [0.15, 0.2) is 0 Å². The maximum Gasteiger partial charge on any atom is 0.309 e. The molecule has 1 rings (SSSR count). The number of esters is 1. The first-order chi connectivity index (χ1) is 7.84.